The molecule has 5 nitrogen and oxygen atoms in total. The fourth-order valence-electron chi connectivity index (χ4n) is 2.86. The number of ether oxygens (including phenoxy) is 1. The third-order valence-corrected chi connectivity index (χ3v) is 6.32. The number of carbonyl (C=O) groups excluding carboxylic acids is 1. The molecule has 2 aromatic carbocycles. The second-order valence-electron chi connectivity index (χ2n) is 5.64. The highest BCUT2D eigenvalue weighted by atomic mass is 35.5. The van der Waals surface area contributed by atoms with Crippen molar-refractivity contribution in [2.24, 2.45) is 0 Å². The number of hydrogen-bond acceptors (Lipinski definition) is 4. The van der Waals surface area contributed by atoms with Crippen molar-refractivity contribution in [2.75, 3.05) is 7.11 Å². The summed E-state index contributed by atoms with van der Waals surface area (Å²) in [4.78, 5) is 12.0. The highest BCUT2D eigenvalue weighted by Crippen LogP contribution is 2.31. The SMILES string of the molecule is COC(=O)[C@H]1Cc2ccccc2CN1S(=O)(=O)c1ccc(F)c(Cl)c1. The van der Waals surface area contributed by atoms with E-state index in [2.05, 4.69) is 0 Å². The predicted molar refractivity (Wildman–Crippen MR) is 90.1 cm³/mol. The minimum absolute atomic E-state index is 0.0211. The van der Waals surface area contributed by atoms with Crippen LogP contribution in [0.15, 0.2) is 47.4 Å². The van der Waals surface area contributed by atoms with Crippen LogP contribution >= 0.6 is 11.6 Å². The summed E-state index contributed by atoms with van der Waals surface area (Å²) in [5, 5.41) is -0.298. The van der Waals surface area contributed by atoms with Gasteiger partial charge in [0.05, 0.1) is 17.0 Å². The Hall–Kier alpha value is -1.96. The summed E-state index contributed by atoms with van der Waals surface area (Å²) in [7, 11) is -2.86. The van der Waals surface area contributed by atoms with Crippen LogP contribution in [0.2, 0.25) is 5.02 Å². The number of methoxy groups -OCH3 is 1. The third-order valence-electron chi connectivity index (χ3n) is 4.18. The lowest BCUT2D eigenvalue weighted by Crippen LogP contribution is -2.49. The van der Waals surface area contributed by atoms with Crippen molar-refractivity contribution in [3.8, 4) is 0 Å². The van der Waals surface area contributed by atoms with Crippen LogP contribution < -0.4 is 0 Å². The fourth-order valence-corrected chi connectivity index (χ4v) is 4.69. The van der Waals surface area contributed by atoms with Crippen LogP contribution in [0.4, 0.5) is 4.39 Å². The summed E-state index contributed by atoms with van der Waals surface area (Å²) >= 11 is 5.72. The zero-order chi connectivity index (χ0) is 18.2. The lowest BCUT2D eigenvalue weighted by atomic mass is 9.96. The third kappa shape index (κ3) is 3.27. The average molecular weight is 384 g/mol. The molecule has 0 aromatic heterocycles. The Morgan fingerprint density at radius 1 is 1.24 bits per heavy atom. The molecule has 2 aromatic rings. The number of esters is 1. The first-order valence-corrected chi connectivity index (χ1v) is 9.28. The Kier molecular flexibility index (Phi) is 4.81. The summed E-state index contributed by atoms with van der Waals surface area (Å²) < 4.78 is 45.3. The Balaban J connectivity index is 2.08. The van der Waals surface area contributed by atoms with Gasteiger partial charge in [-0.3, -0.25) is 4.79 Å². The zero-order valence-corrected chi connectivity index (χ0v) is 14.8. The standard InChI is InChI=1S/C17H15ClFNO4S/c1-24-17(21)16-8-11-4-2-3-5-12(11)10-20(16)25(22,23)13-6-7-15(19)14(18)9-13/h2-7,9,16H,8,10H2,1H3/t16-/m1/s1. The van der Waals surface area contributed by atoms with Crippen LogP contribution in [0.25, 0.3) is 0 Å². The van der Waals surface area contributed by atoms with Crippen molar-refractivity contribution in [2.45, 2.75) is 23.9 Å². The molecule has 3 rings (SSSR count). The van der Waals surface area contributed by atoms with Gasteiger partial charge >= 0.3 is 5.97 Å². The maximum Gasteiger partial charge on any atom is 0.324 e. The van der Waals surface area contributed by atoms with Crippen molar-refractivity contribution >= 4 is 27.6 Å². The molecule has 0 bridgehead atoms. The largest absolute Gasteiger partial charge is 0.468 e. The smallest absolute Gasteiger partial charge is 0.324 e. The summed E-state index contributed by atoms with van der Waals surface area (Å²) in [6, 6.07) is 9.46. The number of halogens is 2. The molecule has 8 heteroatoms. The van der Waals surface area contributed by atoms with E-state index in [1.807, 2.05) is 18.2 Å². The first kappa shape index (κ1) is 17.8. The molecule has 1 aliphatic heterocycles. The van der Waals surface area contributed by atoms with Gasteiger partial charge in [0.15, 0.2) is 0 Å². The van der Waals surface area contributed by atoms with Gasteiger partial charge in [-0.15, -0.1) is 0 Å². The van der Waals surface area contributed by atoms with E-state index in [0.29, 0.717) is 0 Å². The molecule has 1 atom stereocenters. The van der Waals surface area contributed by atoms with Crippen LogP contribution in [0.5, 0.6) is 0 Å². The van der Waals surface area contributed by atoms with E-state index in [1.54, 1.807) is 6.07 Å². The van der Waals surface area contributed by atoms with Crippen molar-refractivity contribution in [3.05, 3.63) is 64.4 Å². The summed E-state index contributed by atoms with van der Waals surface area (Å²) in [5.74, 6) is -1.36. The van der Waals surface area contributed by atoms with Gasteiger partial charge in [-0.2, -0.15) is 4.31 Å². The minimum atomic E-state index is -4.07. The molecule has 132 valence electrons. The number of carbonyl (C=O) groups is 1. The summed E-state index contributed by atoms with van der Waals surface area (Å²) in [5.41, 5.74) is 1.70. The van der Waals surface area contributed by atoms with E-state index < -0.39 is 27.9 Å². The Morgan fingerprint density at radius 3 is 2.56 bits per heavy atom. The van der Waals surface area contributed by atoms with E-state index in [4.69, 9.17) is 16.3 Å². The van der Waals surface area contributed by atoms with Crippen molar-refractivity contribution in [1.82, 2.24) is 4.31 Å². The van der Waals surface area contributed by atoms with Crippen LogP contribution in [-0.4, -0.2) is 31.8 Å². The molecule has 0 radical (unpaired) electrons. The zero-order valence-electron chi connectivity index (χ0n) is 13.3. The van der Waals surface area contributed by atoms with Gasteiger partial charge in [0.2, 0.25) is 10.0 Å². The van der Waals surface area contributed by atoms with E-state index in [-0.39, 0.29) is 22.9 Å². The number of benzene rings is 2. The van der Waals surface area contributed by atoms with Crippen molar-refractivity contribution in [1.29, 1.82) is 0 Å². The van der Waals surface area contributed by atoms with Gasteiger partial charge in [-0.05, 0) is 29.3 Å². The molecular weight excluding hydrogens is 369 g/mol. The second-order valence-corrected chi connectivity index (χ2v) is 7.94. The Bertz CT molecular complexity index is 932. The molecule has 0 saturated heterocycles. The fraction of sp³-hybridized carbons (Fsp3) is 0.235. The van der Waals surface area contributed by atoms with Crippen LogP contribution in [-0.2, 0) is 32.5 Å². The van der Waals surface area contributed by atoms with Gasteiger partial charge in [-0.1, -0.05) is 35.9 Å². The summed E-state index contributed by atoms with van der Waals surface area (Å²) in [6.45, 7) is 0.0211. The monoisotopic (exact) mass is 383 g/mol. The first-order chi connectivity index (χ1) is 11.8. The molecule has 25 heavy (non-hydrogen) atoms. The highest BCUT2D eigenvalue weighted by molar-refractivity contribution is 7.89. The second kappa shape index (κ2) is 6.74. The Morgan fingerprint density at radius 2 is 1.92 bits per heavy atom. The predicted octanol–water partition coefficient (Wildman–Crippen LogP) is 2.77. The number of hydrogen-bond donors (Lipinski definition) is 0. The van der Waals surface area contributed by atoms with E-state index in [9.17, 15) is 17.6 Å². The number of fused-ring (bicyclic) bond motifs is 1. The van der Waals surface area contributed by atoms with Gasteiger partial charge < -0.3 is 4.74 Å². The highest BCUT2D eigenvalue weighted by Gasteiger charge is 2.40. The maximum atomic E-state index is 13.4. The van der Waals surface area contributed by atoms with Crippen LogP contribution in [0.3, 0.4) is 0 Å². The molecule has 1 aliphatic rings. The molecule has 0 saturated carbocycles. The van der Waals surface area contributed by atoms with Gasteiger partial charge in [-0.25, -0.2) is 12.8 Å². The maximum absolute atomic E-state index is 13.4. The lowest BCUT2D eigenvalue weighted by Gasteiger charge is -2.34. The molecule has 1 heterocycles. The Labute approximate surface area is 150 Å². The molecule has 0 N–H and O–H groups in total. The first-order valence-electron chi connectivity index (χ1n) is 7.46. The minimum Gasteiger partial charge on any atom is -0.468 e. The van der Waals surface area contributed by atoms with Crippen LogP contribution in [0, 0.1) is 5.82 Å². The molecule has 0 amide bonds. The number of nitrogens with zero attached hydrogens (tertiary/aromatic N) is 1. The number of sulfonamides is 1. The lowest BCUT2D eigenvalue weighted by molar-refractivity contribution is -0.145. The van der Waals surface area contributed by atoms with E-state index in [0.717, 1.165) is 33.6 Å². The average Bonchev–Trinajstić information content (AvgIpc) is 2.62. The molecule has 0 spiro atoms. The van der Waals surface area contributed by atoms with Gasteiger partial charge in [0, 0.05) is 13.0 Å². The van der Waals surface area contributed by atoms with Crippen molar-refractivity contribution < 1.29 is 22.3 Å². The topological polar surface area (TPSA) is 63.7 Å². The molecule has 0 aliphatic carbocycles. The molecule has 0 unspecified atom stereocenters. The quantitative estimate of drug-likeness (QED) is 0.764. The molecular formula is C17H15ClFNO4S. The number of rotatable bonds is 3. The van der Waals surface area contributed by atoms with Gasteiger partial charge in [0.1, 0.15) is 11.9 Å². The summed E-state index contributed by atoms with van der Waals surface area (Å²) in [6.07, 6.45) is 0.205. The molecule has 0 fully saturated rings. The van der Waals surface area contributed by atoms with E-state index >= 15 is 0 Å². The van der Waals surface area contributed by atoms with Gasteiger partial charge in [0.25, 0.3) is 0 Å². The van der Waals surface area contributed by atoms with Crippen LogP contribution in [0.1, 0.15) is 11.1 Å². The van der Waals surface area contributed by atoms with E-state index in [1.165, 1.54) is 7.11 Å². The van der Waals surface area contributed by atoms with Crippen molar-refractivity contribution in [3.63, 3.8) is 0 Å². The normalized spacial score (nSPS) is 17.8.